The van der Waals surface area contributed by atoms with Crippen molar-refractivity contribution in [2.75, 3.05) is 6.61 Å². The van der Waals surface area contributed by atoms with Crippen molar-refractivity contribution in [3.8, 4) is 0 Å². The summed E-state index contributed by atoms with van der Waals surface area (Å²) >= 11 is 0. The number of fused-ring (bicyclic) bond motifs is 1. The van der Waals surface area contributed by atoms with Gasteiger partial charge in [-0.3, -0.25) is 0 Å². The Balaban J connectivity index is 1.70. The van der Waals surface area contributed by atoms with E-state index < -0.39 is 12.3 Å². The van der Waals surface area contributed by atoms with Gasteiger partial charge in [-0.1, -0.05) is 49.3 Å². The summed E-state index contributed by atoms with van der Waals surface area (Å²) in [6.45, 7) is 6.53. The highest BCUT2D eigenvalue weighted by atomic mass is 19.1. The third kappa shape index (κ3) is 4.45. The van der Waals surface area contributed by atoms with Crippen molar-refractivity contribution in [2.45, 2.75) is 83.5 Å². The van der Waals surface area contributed by atoms with Crippen molar-refractivity contribution >= 4 is 0 Å². The molecule has 0 amide bonds. The molecule has 3 aliphatic carbocycles. The van der Waals surface area contributed by atoms with Gasteiger partial charge >= 0.3 is 0 Å². The molecule has 3 aliphatic rings. The normalized spacial score (nSPS) is 37.0. The number of allylic oxidation sites excluding steroid dienone is 7. The average Bonchev–Trinajstić information content (AvgIpc) is 2.97. The van der Waals surface area contributed by atoms with E-state index in [-0.39, 0.29) is 18.4 Å². The maximum Gasteiger partial charge on any atom is 0.128 e. The lowest BCUT2D eigenvalue weighted by Crippen LogP contribution is -2.30. The lowest BCUT2D eigenvalue weighted by atomic mass is 9.63. The highest BCUT2D eigenvalue weighted by Crippen LogP contribution is 2.55. The smallest absolute Gasteiger partial charge is 0.128 e. The number of halogens is 2. The lowest BCUT2D eigenvalue weighted by molar-refractivity contribution is 0.222. The summed E-state index contributed by atoms with van der Waals surface area (Å²) in [4.78, 5) is 0. The van der Waals surface area contributed by atoms with Crippen LogP contribution in [0.1, 0.15) is 71.1 Å². The first-order valence-electron chi connectivity index (χ1n) is 10.6. The van der Waals surface area contributed by atoms with Crippen molar-refractivity contribution in [1.29, 1.82) is 0 Å². The molecule has 0 spiro atoms. The molecular weight excluding hydrogens is 342 g/mol. The highest BCUT2D eigenvalue weighted by Gasteiger charge is 2.44. The summed E-state index contributed by atoms with van der Waals surface area (Å²) in [6, 6.07) is 0. The summed E-state index contributed by atoms with van der Waals surface area (Å²) in [7, 11) is 0. The molecule has 4 atom stereocenters. The van der Waals surface area contributed by atoms with Crippen LogP contribution in [0, 0.1) is 11.3 Å². The van der Waals surface area contributed by atoms with Gasteiger partial charge in [-0.25, -0.2) is 8.78 Å². The van der Waals surface area contributed by atoms with Gasteiger partial charge in [-0.15, -0.1) is 0 Å². The van der Waals surface area contributed by atoms with Gasteiger partial charge in [-0.05, 0) is 67.4 Å². The first-order chi connectivity index (χ1) is 13.0. The van der Waals surface area contributed by atoms with Crippen LogP contribution in [0.25, 0.3) is 0 Å². The summed E-state index contributed by atoms with van der Waals surface area (Å²) in [5.41, 5.74) is 4.46. The summed E-state index contributed by atoms with van der Waals surface area (Å²) in [5, 5.41) is 8.97. The van der Waals surface area contributed by atoms with Crippen LogP contribution in [0.4, 0.5) is 8.78 Å². The van der Waals surface area contributed by atoms with E-state index in [1.165, 1.54) is 18.4 Å². The Bertz CT molecular complexity index is 645. The van der Waals surface area contributed by atoms with Crippen LogP contribution in [-0.4, -0.2) is 24.1 Å². The Morgan fingerprint density at radius 3 is 2.85 bits per heavy atom. The topological polar surface area (TPSA) is 20.2 Å². The molecule has 0 aromatic heterocycles. The van der Waals surface area contributed by atoms with Gasteiger partial charge in [0.25, 0.3) is 0 Å². The van der Waals surface area contributed by atoms with Crippen molar-refractivity contribution in [3.63, 3.8) is 0 Å². The number of hydrogen-bond acceptors (Lipinski definition) is 1. The summed E-state index contributed by atoms with van der Waals surface area (Å²) in [5.74, 6) is 0.523. The minimum atomic E-state index is -1.24. The predicted molar refractivity (Wildman–Crippen MR) is 108 cm³/mol. The van der Waals surface area contributed by atoms with Gasteiger partial charge in [0.2, 0.25) is 0 Å². The summed E-state index contributed by atoms with van der Waals surface area (Å²) in [6.07, 6.45) is 13.3. The van der Waals surface area contributed by atoms with E-state index in [0.29, 0.717) is 17.9 Å². The average molecular weight is 377 g/mol. The number of aliphatic hydroxyl groups excluding tert-OH is 1. The van der Waals surface area contributed by atoms with Crippen LogP contribution in [0.5, 0.6) is 0 Å². The fourth-order valence-corrected chi connectivity index (χ4v) is 5.30. The van der Waals surface area contributed by atoms with Gasteiger partial charge in [0.05, 0.1) is 0 Å². The van der Waals surface area contributed by atoms with E-state index in [0.717, 1.165) is 44.1 Å². The second-order valence-corrected chi connectivity index (χ2v) is 8.79. The number of rotatable bonds is 6. The second kappa shape index (κ2) is 8.86. The molecule has 0 aromatic rings. The molecule has 3 heteroatoms. The summed E-state index contributed by atoms with van der Waals surface area (Å²) < 4.78 is 27.7. The largest absolute Gasteiger partial charge is 0.396 e. The zero-order valence-electron chi connectivity index (χ0n) is 16.7. The molecule has 0 saturated heterocycles. The molecule has 0 aliphatic heterocycles. The van der Waals surface area contributed by atoms with Crippen LogP contribution in [-0.2, 0) is 0 Å². The first-order valence-corrected chi connectivity index (χ1v) is 10.6. The Morgan fingerprint density at radius 1 is 1.26 bits per heavy atom. The second-order valence-electron chi connectivity index (χ2n) is 8.79. The van der Waals surface area contributed by atoms with Crippen molar-refractivity contribution in [2.24, 2.45) is 11.3 Å². The molecule has 1 N–H and O–H groups in total. The molecule has 0 aromatic carbocycles. The minimum absolute atomic E-state index is 0.0446. The van der Waals surface area contributed by atoms with Gasteiger partial charge in [-0.2, -0.15) is 0 Å². The zero-order valence-corrected chi connectivity index (χ0v) is 16.7. The van der Waals surface area contributed by atoms with Gasteiger partial charge in [0.1, 0.15) is 12.3 Å². The Kier molecular flexibility index (Phi) is 6.73. The molecule has 1 nitrogen and oxygen atoms in total. The Labute approximate surface area is 162 Å². The first kappa shape index (κ1) is 20.5. The maximum absolute atomic E-state index is 13.9. The fraction of sp³-hybridized carbons (Fsp3) is 0.667. The van der Waals surface area contributed by atoms with E-state index in [1.54, 1.807) is 5.57 Å². The molecule has 0 radical (unpaired) electrons. The number of unbranched alkanes of at least 4 members (excludes halogenated alkanes) is 2. The molecule has 2 saturated carbocycles. The van der Waals surface area contributed by atoms with Gasteiger partial charge in [0, 0.05) is 19.4 Å². The van der Waals surface area contributed by atoms with Gasteiger partial charge < -0.3 is 5.11 Å². The van der Waals surface area contributed by atoms with Crippen molar-refractivity contribution in [1.82, 2.24) is 0 Å². The fourth-order valence-electron chi connectivity index (χ4n) is 5.30. The Hall–Kier alpha value is -1.22. The maximum atomic E-state index is 13.9. The van der Waals surface area contributed by atoms with Crippen LogP contribution in [0.3, 0.4) is 0 Å². The predicted octanol–water partition coefficient (Wildman–Crippen LogP) is 6.55. The van der Waals surface area contributed by atoms with E-state index in [2.05, 4.69) is 25.7 Å². The standard InChI is InChI=1S/C24H34F2O/c1-17-19(15-21(25)16-23(17)26)10-9-18-7-6-13-24(2)20(11-12-22(18)24)8-4-3-5-14-27/h9-11,21-23,27H,1,3-8,12-16H2,2H3. The van der Waals surface area contributed by atoms with Crippen LogP contribution >= 0.6 is 0 Å². The monoisotopic (exact) mass is 376 g/mol. The SMILES string of the molecule is C=C1C(=CC=C2CCCC3(C)C(CCCCCO)=CCC23)CC(F)CC1F. The third-order valence-electron chi connectivity index (χ3n) is 7.01. The van der Waals surface area contributed by atoms with Crippen molar-refractivity contribution < 1.29 is 13.9 Å². The van der Waals surface area contributed by atoms with Crippen LogP contribution in [0.15, 0.2) is 47.1 Å². The van der Waals surface area contributed by atoms with E-state index in [9.17, 15) is 8.78 Å². The highest BCUT2D eigenvalue weighted by molar-refractivity contribution is 5.40. The molecule has 0 heterocycles. The molecule has 3 rings (SSSR count). The number of alkyl halides is 2. The number of aliphatic hydroxyl groups is 1. The Morgan fingerprint density at radius 2 is 2.07 bits per heavy atom. The van der Waals surface area contributed by atoms with Crippen molar-refractivity contribution in [3.05, 3.63) is 47.1 Å². The molecule has 0 bridgehead atoms. The zero-order chi connectivity index (χ0) is 19.4. The molecule has 150 valence electrons. The van der Waals surface area contributed by atoms with E-state index in [4.69, 9.17) is 5.11 Å². The van der Waals surface area contributed by atoms with E-state index in [1.807, 2.05) is 6.08 Å². The van der Waals surface area contributed by atoms with Crippen LogP contribution < -0.4 is 0 Å². The lowest BCUT2D eigenvalue weighted by Gasteiger charge is -2.41. The van der Waals surface area contributed by atoms with E-state index >= 15 is 0 Å². The van der Waals surface area contributed by atoms with Crippen LogP contribution in [0.2, 0.25) is 0 Å². The third-order valence-corrected chi connectivity index (χ3v) is 7.01. The minimum Gasteiger partial charge on any atom is -0.396 e. The molecule has 27 heavy (non-hydrogen) atoms. The molecular formula is C24H34F2O. The van der Waals surface area contributed by atoms with Gasteiger partial charge in [0.15, 0.2) is 0 Å². The molecule has 2 fully saturated rings. The quantitative estimate of drug-likeness (QED) is 0.411. The molecule has 4 unspecified atom stereocenters. The number of hydrogen-bond donors (Lipinski definition) is 1.